The third-order valence-electron chi connectivity index (χ3n) is 4.33. The summed E-state index contributed by atoms with van der Waals surface area (Å²) in [6.45, 7) is 0.0559. The molecule has 7 heteroatoms. The number of amides is 1. The van der Waals surface area contributed by atoms with Crippen molar-refractivity contribution in [3.05, 3.63) is 90.2 Å². The van der Waals surface area contributed by atoms with Gasteiger partial charge in [0.2, 0.25) is 6.10 Å². The molecule has 3 rings (SSSR count). The number of halogens is 1. The zero-order chi connectivity index (χ0) is 22.1. The summed E-state index contributed by atoms with van der Waals surface area (Å²) in [6.07, 6.45) is -1.23. The lowest BCUT2D eigenvalue weighted by Gasteiger charge is -2.18. The summed E-state index contributed by atoms with van der Waals surface area (Å²) in [6, 6.07) is 21.1. The molecule has 6 nitrogen and oxygen atoms in total. The van der Waals surface area contributed by atoms with E-state index in [0.717, 1.165) is 0 Å². The number of methoxy groups -OCH3 is 1. The normalized spacial score (nSPS) is 11.3. The predicted octanol–water partition coefficient (Wildman–Crippen LogP) is 4.53. The highest BCUT2D eigenvalue weighted by Crippen LogP contribution is 2.26. The second-order valence-corrected chi connectivity index (χ2v) is 6.53. The van der Waals surface area contributed by atoms with Gasteiger partial charge in [-0.3, -0.25) is 9.59 Å². The molecule has 1 N–H and O–H groups in total. The number of esters is 1. The first-order chi connectivity index (χ1) is 15.1. The Balaban J connectivity index is 1.63. The molecule has 1 unspecified atom stereocenters. The zero-order valence-corrected chi connectivity index (χ0v) is 16.9. The van der Waals surface area contributed by atoms with Crippen molar-refractivity contribution in [1.82, 2.24) is 0 Å². The molecule has 0 saturated carbocycles. The quantitative estimate of drug-likeness (QED) is 0.512. The highest BCUT2D eigenvalue weighted by atomic mass is 19.1. The monoisotopic (exact) mass is 423 g/mol. The topological polar surface area (TPSA) is 73.9 Å². The molecule has 0 aliphatic carbocycles. The number of rotatable bonds is 9. The van der Waals surface area contributed by atoms with Crippen LogP contribution in [0.4, 0.5) is 10.1 Å². The van der Waals surface area contributed by atoms with Gasteiger partial charge in [0.05, 0.1) is 20.1 Å². The van der Waals surface area contributed by atoms with Crippen molar-refractivity contribution >= 4 is 17.6 Å². The molecule has 0 spiro atoms. The number of hydrogen-bond donors (Lipinski definition) is 1. The molecular formula is C24H22FNO5. The van der Waals surface area contributed by atoms with E-state index in [0.29, 0.717) is 22.7 Å². The third-order valence-corrected chi connectivity index (χ3v) is 4.33. The van der Waals surface area contributed by atoms with Crippen LogP contribution in [0.15, 0.2) is 78.9 Å². The van der Waals surface area contributed by atoms with Gasteiger partial charge in [-0.1, -0.05) is 42.5 Å². The van der Waals surface area contributed by atoms with Crippen molar-refractivity contribution in [2.75, 3.05) is 19.0 Å². The van der Waals surface area contributed by atoms with Crippen LogP contribution < -0.4 is 14.8 Å². The second-order valence-electron chi connectivity index (χ2n) is 6.53. The predicted molar refractivity (Wildman–Crippen MR) is 113 cm³/mol. The number of nitrogens with one attached hydrogen (secondary N) is 1. The number of carbonyl (C=O) groups is 2. The van der Waals surface area contributed by atoms with Crippen LogP contribution in [-0.4, -0.2) is 25.6 Å². The summed E-state index contributed by atoms with van der Waals surface area (Å²) < 4.78 is 29.4. The van der Waals surface area contributed by atoms with E-state index in [2.05, 4.69) is 5.32 Å². The van der Waals surface area contributed by atoms with Crippen molar-refractivity contribution in [3.63, 3.8) is 0 Å². The number of para-hydroxylation sites is 2. The van der Waals surface area contributed by atoms with Crippen LogP contribution in [0.2, 0.25) is 0 Å². The Morgan fingerprint density at radius 2 is 1.55 bits per heavy atom. The molecule has 0 radical (unpaired) electrons. The average Bonchev–Trinajstić information content (AvgIpc) is 2.80. The summed E-state index contributed by atoms with van der Waals surface area (Å²) in [4.78, 5) is 25.2. The first-order valence-electron chi connectivity index (χ1n) is 9.63. The maximum absolute atomic E-state index is 13.1. The molecule has 0 heterocycles. The summed E-state index contributed by atoms with van der Waals surface area (Å²) in [7, 11) is 1.53. The Morgan fingerprint density at radius 1 is 0.903 bits per heavy atom. The van der Waals surface area contributed by atoms with Crippen LogP contribution in [0, 0.1) is 5.82 Å². The molecule has 1 amide bonds. The maximum atomic E-state index is 13.1. The maximum Gasteiger partial charge on any atom is 0.310 e. The minimum absolute atomic E-state index is 0.0559. The molecule has 1 atom stereocenters. The minimum atomic E-state index is -1.16. The van der Waals surface area contributed by atoms with Crippen LogP contribution >= 0.6 is 0 Å². The zero-order valence-electron chi connectivity index (χ0n) is 16.9. The molecule has 0 aliphatic rings. The smallest absolute Gasteiger partial charge is 0.310 e. The van der Waals surface area contributed by atoms with E-state index >= 15 is 0 Å². The van der Waals surface area contributed by atoms with Gasteiger partial charge in [0.1, 0.15) is 5.82 Å². The fraction of sp³-hybridized carbons (Fsp3) is 0.167. The highest BCUT2D eigenvalue weighted by Gasteiger charge is 2.25. The van der Waals surface area contributed by atoms with Crippen LogP contribution in [0.25, 0.3) is 0 Å². The summed E-state index contributed by atoms with van der Waals surface area (Å²) in [5.41, 5.74) is 0.906. The van der Waals surface area contributed by atoms with Crippen molar-refractivity contribution in [3.8, 4) is 11.5 Å². The van der Waals surface area contributed by atoms with Gasteiger partial charge in [-0.25, -0.2) is 4.39 Å². The summed E-state index contributed by atoms with van der Waals surface area (Å²) in [5.74, 6) is -0.503. The van der Waals surface area contributed by atoms with Crippen LogP contribution in [0.3, 0.4) is 0 Å². The lowest BCUT2D eigenvalue weighted by molar-refractivity contribution is -0.155. The Kier molecular flexibility index (Phi) is 7.59. The Hall–Kier alpha value is -3.87. The minimum Gasteiger partial charge on any atom is -0.493 e. The molecule has 0 bridgehead atoms. The van der Waals surface area contributed by atoms with Gasteiger partial charge in [0.25, 0.3) is 5.91 Å². The fourth-order valence-electron chi connectivity index (χ4n) is 2.81. The van der Waals surface area contributed by atoms with Crippen molar-refractivity contribution < 1.29 is 28.2 Å². The van der Waals surface area contributed by atoms with E-state index in [9.17, 15) is 14.0 Å². The van der Waals surface area contributed by atoms with Crippen LogP contribution in [-0.2, 0) is 14.3 Å². The molecule has 0 fully saturated rings. The Bertz CT molecular complexity index is 1010. The van der Waals surface area contributed by atoms with Gasteiger partial charge < -0.3 is 19.5 Å². The largest absolute Gasteiger partial charge is 0.493 e. The first kappa shape index (κ1) is 21.8. The number of benzene rings is 3. The van der Waals surface area contributed by atoms with Gasteiger partial charge in [0.15, 0.2) is 11.5 Å². The molecular weight excluding hydrogens is 401 g/mol. The van der Waals surface area contributed by atoms with E-state index in [1.54, 1.807) is 48.5 Å². The third kappa shape index (κ3) is 6.30. The number of ether oxygens (including phenoxy) is 3. The summed E-state index contributed by atoms with van der Waals surface area (Å²) in [5, 5.41) is 2.64. The molecule has 0 aliphatic heterocycles. The van der Waals surface area contributed by atoms with Gasteiger partial charge >= 0.3 is 5.97 Å². The number of hydrogen-bond acceptors (Lipinski definition) is 5. The number of carbonyl (C=O) groups excluding carboxylic acids is 2. The van der Waals surface area contributed by atoms with E-state index in [4.69, 9.17) is 14.2 Å². The lowest BCUT2D eigenvalue weighted by atomic mass is 10.1. The molecule has 31 heavy (non-hydrogen) atoms. The molecule has 0 saturated heterocycles. The van der Waals surface area contributed by atoms with Crippen LogP contribution in [0.5, 0.6) is 11.5 Å². The fourth-order valence-corrected chi connectivity index (χ4v) is 2.81. The van der Waals surface area contributed by atoms with E-state index < -0.39 is 23.8 Å². The molecule has 0 aromatic heterocycles. The van der Waals surface area contributed by atoms with E-state index in [1.807, 2.05) is 6.07 Å². The molecule has 3 aromatic rings. The van der Waals surface area contributed by atoms with Gasteiger partial charge in [0, 0.05) is 11.3 Å². The Labute approximate surface area is 179 Å². The standard InChI is InChI=1S/C24H22FNO5/c1-29-20-9-5-6-10-21(20)30-16-15-22(27)31-23(17-7-3-2-4-8-17)24(28)26-19-13-11-18(25)12-14-19/h2-14,23H,15-16H2,1H3,(H,26,28). The SMILES string of the molecule is COc1ccccc1OCCC(=O)OC(C(=O)Nc1ccc(F)cc1)c1ccccc1. The van der Waals surface area contributed by atoms with Crippen LogP contribution in [0.1, 0.15) is 18.1 Å². The summed E-state index contributed by atoms with van der Waals surface area (Å²) >= 11 is 0. The highest BCUT2D eigenvalue weighted by molar-refractivity contribution is 5.96. The molecule has 3 aromatic carbocycles. The first-order valence-corrected chi connectivity index (χ1v) is 9.63. The van der Waals surface area contributed by atoms with Gasteiger partial charge in [-0.2, -0.15) is 0 Å². The number of anilines is 1. The molecule has 160 valence electrons. The van der Waals surface area contributed by atoms with E-state index in [1.165, 1.54) is 31.4 Å². The van der Waals surface area contributed by atoms with Gasteiger partial charge in [-0.05, 0) is 36.4 Å². The second kappa shape index (κ2) is 10.8. The van der Waals surface area contributed by atoms with Crippen molar-refractivity contribution in [2.24, 2.45) is 0 Å². The van der Waals surface area contributed by atoms with E-state index in [-0.39, 0.29) is 13.0 Å². The van der Waals surface area contributed by atoms with Gasteiger partial charge in [-0.15, -0.1) is 0 Å². The lowest BCUT2D eigenvalue weighted by Crippen LogP contribution is -2.26. The Morgan fingerprint density at radius 3 is 2.23 bits per heavy atom. The van der Waals surface area contributed by atoms with Crippen molar-refractivity contribution in [1.29, 1.82) is 0 Å². The van der Waals surface area contributed by atoms with Crippen molar-refractivity contribution in [2.45, 2.75) is 12.5 Å². The average molecular weight is 423 g/mol.